The number of halogens is 2. The van der Waals surface area contributed by atoms with Gasteiger partial charge in [0.2, 0.25) is 5.82 Å². The van der Waals surface area contributed by atoms with E-state index < -0.39 is 11.6 Å². The fourth-order valence-corrected chi connectivity index (χ4v) is 1.91. The highest BCUT2D eigenvalue weighted by molar-refractivity contribution is 5.61. The quantitative estimate of drug-likeness (QED) is 0.781. The van der Waals surface area contributed by atoms with Gasteiger partial charge >= 0.3 is 0 Å². The summed E-state index contributed by atoms with van der Waals surface area (Å²) in [5.41, 5.74) is 0.514. The van der Waals surface area contributed by atoms with E-state index in [1.54, 1.807) is 12.1 Å². The first kappa shape index (κ1) is 13.2. The van der Waals surface area contributed by atoms with E-state index in [2.05, 4.69) is 10.1 Å². The molecule has 0 amide bonds. The van der Waals surface area contributed by atoms with Crippen LogP contribution in [0.2, 0.25) is 0 Å². The summed E-state index contributed by atoms with van der Waals surface area (Å²) in [4.78, 5) is 4.00. The Bertz CT molecular complexity index is 798. The van der Waals surface area contributed by atoms with Crippen LogP contribution in [0.1, 0.15) is 5.56 Å². The van der Waals surface area contributed by atoms with Crippen molar-refractivity contribution in [2.75, 3.05) is 0 Å². The molecule has 0 unspecified atom stereocenters. The predicted molar refractivity (Wildman–Crippen MR) is 71.5 cm³/mol. The number of phenolic OH excluding ortho intramolecular Hbond substituents is 1. The van der Waals surface area contributed by atoms with Crippen molar-refractivity contribution in [2.24, 2.45) is 0 Å². The van der Waals surface area contributed by atoms with Gasteiger partial charge in [0.25, 0.3) is 5.89 Å². The number of hydrogen-bond donors (Lipinski definition) is 1. The summed E-state index contributed by atoms with van der Waals surface area (Å²) in [7, 11) is 0. The molecule has 106 valence electrons. The van der Waals surface area contributed by atoms with Crippen molar-refractivity contribution in [3.63, 3.8) is 0 Å². The number of phenols is 1. The Kier molecular flexibility index (Phi) is 3.13. The molecular formula is C15H10F2N2O2. The third-order valence-corrected chi connectivity index (χ3v) is 3.05. The third-order valence-electron chi connectivity index (χ3n) is 3.05. The van der Waals surface area contributed by atoms with Crippen molar-refractivity contribution in [3.8, 4) is 28.6 Å². The first-order chi connectivity index (χ1) is 10.1. The van der Waals surface area contributed by atoms with E-state index in [9.17, 15) is 13.9 Å². The molecule has 3 aromatic rings. The van der Waals surface area contributed by atoms with E-state index in [0.717, 1.165) is 6.07 Å². The highest BCUT2D eigenvalue weighted by atomic mass is 19.1. The van der Waals surface area contributed by atoms with E-state index in [4.69, 9.17) is 4.52 Å². The molecule has 4 nitrogen and oxygen atoms in total. The fourth-order valence-electron chi connectivity index (χ4n) is 1.91. The molecule has 0 atom stereocenters. The number of nitrogens with zero attached hydrogens (tertiary/aromatic N) is 2. The van der Waals surface area contributed by atoms with Crippen LogP contribution in [0.4, 0.5) is 8.78 Å². The lowest BCUT2D eigenvalue weighted by Gasteiger charge is -2.02. The van der Waals surface area contributed by atoms with Crippen LogP contribution in [0.15, 0.2) is 40.9 Å². The van der Waals surface area contributed by atoms with Crippen molar-refractivity contribution >= 4 is 0 Å². The van der Waals surface area contributed by atoms with Crippen molar-refractivity contribution in [1.82, 2.24) is 10.1 Å². The largest absolute Gasteiger partial charge is 0.508 e. The normalized spacial score (nSPS) is 10.8. The molecule has 0 aliphatic carbocycles. The Morgan fingerprint density at radius 2 is 1.76 bits per heavy atom. The summed E-state index contributed by atoms with van der Waals surface area (Å²) in [5.74, 6) is -1.43. The van der Waals surface area contributed by atoms with Gasteiger partial charge in [-0.05, 0) is 42.8 Å². The van der Waals surface area contributed by atoms with Gasteiger partial charge in [-0.3, -0.25) is 0 Å². The molecule has 1 heterocycles. The molecule has 2 aromatic carbocycles. The molecule has 1 N–H and O–H groups in total. The van der Waals surface area contributed by atoms with Gasteiger partial charge in [-0.15, -0.1) is 0 Å². The van der Waals surface area contributed by atoms with Crippen LogP contribution in [0, 0.1) is 18.6 Å². The molecule has 0 saturated heterocycles. The topological polar surface area (TPSA) is 59.2 Å². The Morgan fingerprint density at radius 3 is 2.48 bits per heavy atom. The summed E-state index contributed by atoms with van der Waals surface area (Å²) in [6, 6.07) is 8.56. The molecule has 0 fully saturated rings. The summed E-state index contributed by atoms with van der Waals surface area (Å²) in [6.45, 7) is 1.52. The van der Waals surface area contributed by atoms with Gasteiger partial charge in [0.05, 0.1) is 0 Å². The van der Waals surface area contributed by atoms with E-state index >= 15 is 0 Å². The van der Waals surface area contributed by atoms with E-state index in [-0.39, 0.29) is 28.6 Å². The maximum absolute atomic E-state index is 14.0. The Labute approximate surface area is 118 Å². The second kappa shape index (κ2) is 4.97. The zero-order chi connectivity index (χ0) is 15.0. The predicted octanol–water partition coefficient (Wildman–Crippen LogP) is 3.70. The zero-order valence-corrected chi connectivity index (χ0v) is 11.0. The minimum absolute atomic E-state index is 0.0956. The van der Waals surface area contributed by atoms with Gasteiger partial charge in [0.15, 0.2) is 0 Å². The smallest absolute Gasteiger partial charge is 0.264 e. The lowest BCUT2D eigenvalue weighted by Crippen LogP contribution is -1.93. The van der Waals surface area contributed by atoms with Crippen molar-refractivity contribution < 1.29 is 18.4 Å². The van der Waals surface area contributed by atoms with Gasteiger partial charge in [-0.2, -0.15) is 4.98 Å². The van der Waals surface area contributed by atoms with Gasteiger partial charge in [-0.25, -0.2) is 8.78 Å². The Morgan fingerprint density at radius 1 is 1.05 bits per heavy atom. The monoisotopic (exact) mass is 288 g/mol. The van der Waals surface area contributed by atoms with Gasteiger partial charge < -0.3 is 9.63 Å². The van der Waals surface area contributed by atoms with Crippen molar-refractivity contribution in [2.45, 2.75) is 6.92 Å². The summed E-state index contributed by atoms with van der Waals surface area (Å²) in [5, 5.41) is 12.9. The first-order valence-corrected chi connectivity index (χ1v) is 6.14. The van der Waals surface area contributed by atoms with Crippen molar-refractivity contribution in [3.05, 3.63) is 53.6 Å². The fraction of sp³-hybridized carbons (Fsp3) is 0.0667. The molecule has 0 saturated carbocycles. The number of aryl methyl sites for hydroxylation is 1. The van der Waals surface area contributed by atoms with Crippen LogP contribution in [0.5, 0.6) is 5.75 Å². The molecule has 0 aliphatic heterocycles. The summed E-state index contributed by atoms with van der Waals surface area (Å²) in [6.07, 6.45) is 0. The van der Waals surface area contributed by atoms with Crippen LogP contribution in [0.3, 0.4) is 0 Å². The first-order valence-electron chi connectivity index (χ1n) is 6.14. The number of rotatable bonds is 2. The van der Waals surface area contributed by atoms with E-state index in [1.807, 2.05) is 0 Å². The Hall–Kier alpha value is -2.76. The minimum Gasteiger partial charge on any atom is -0.508 e. The maximum atomic E-state index is 14.0. The van der Waals surface area contributed by atoms with Gasteiger partial charge in [-0.1, -0.05) is 11.2 Å². The summed E-state index contributed by atoms with van der Waals surface area (Å²) >= 11 is 0. The minimum atomic E-state index is -0.765. The van der Waals surface area contributed by atoms with E-state index in [0.29, 0.717) is 5.56 Å². The number of aromatic hydroxyl groups is 1. The van der Waals surface area contributed by atoms with Crippen molar-refractivity contribution in [1.29, 1.82) is 0 Å². The lowest BCUT2D eigenvalue weighted by atomic mass is 10.1. The molecule has 0 aliphatic rings. The summed E-state index contributed by atoms with van der Waals surface area (Å²) < 4.78 is 32.7. The average molecular weight is 288 g/mol. The standard InChI is InChI=1S/C15H10F2N2O2/c1-8-2-7-11(16)12(13(8)17)15-18-14(19-21-15)9-3-5-10(20)6-4-9/h2-7,20H,1H3. The lowest BCUT2D eigenvalue weighted by molar-refractivity contribution is 0.426. The molecule has 0 spiro atoms. The zero-order valence-electron chi connectivity index (χ0n) is 11.0. The Balaban J connectivity index is 2.07. The molecule has 3 rings (SSSR count). The number of aromatic nitrogens is 2. The second-order valence-corrected chi connectivity index (χ2v) is 4.52. The van der Waals surface area contributed by atoms with Crippen LogP contribution in [-0.2, 0) is 0 Å². The molecular weight excluding hydrogens is 278 g/mol. The molecule has 1 aromatic heterocycles. The second-order valence-electron chi connectivity index (χ2n) is 4.52. The van der Waals surface area contributed by atoms with Crippen LogP contribution >= 0.6 is 0 Å². The average Bonchev–Trinajstić information content (AvgIpc) is 2.94. The SMILES string of the molecule is Cc1ccc(F)c(-c2nc(-c3ccc(O)cc3)no2)c1F. The van der Waals surface area contributed by atoms with Gasteiger partial charge in [0, 0.05) is 5.56 Å². The number of benzene rings is 2. The molecule has 21 heavy (non-hydrogen) atoms. The molecule has 6 heteroatoms. The van der Waals surface area contributed by atoms with Crippen LogP contribution in [0.25, 0.3) is 22.8 Å². The maximum Gasteiger partial charge on any atom is 0.264 e. The molecule has 0 bridgehead atoms. The highest BCUT2D eigenvalue weighted by Crippen LogP contribution is 2.28. The third kappa shape index (κ3) is 2.35. The van der Waals surface area contributed by atoms with E-state index in [1.165, 1.54) is 25.1 Å². The van der Waals surface area contributed by atoms with Crippen LogP contribution in [-0.4, -0.2) is 15.2 Å². The van der Waals surface area contributed by atoms with Crippen LogP contribution < -0.4 is 0 Å². The highest BCUT2D eigenvalue weighted by Gasteiger charge is 2.20. The van der Waals surface area contributed by atoms with Gasteiger partial charge in [0.1, 0.15) is 22.9 Å². The number of hydrogen-bond acceptors (Lipinski definition) is 4. The molecule has 0 radical (unpaired) electrons.